The third-order valence-electron chi connectivity index (χ3n) is 4.42. The zero-order chi connectivity index (χ0) is 15.9. The van der Waals surface area contributed by atoms with Gasteiger partial charge in [-0.05, 0) is 54.3 Å². The Bertz CT molecular complexity index is 722. The summed E-state index contributed by atoms with van der Waals surface area (Å²) in [5, 5.41) is 4.33. The molecule has 0 aliphatic carbocycles. The van der Waals surface area contributed by atoms with Crippen LogP contribution in [0.25, 0.3) is 0 Å². The summed E-state index contributed by atoms with van der Waals surface area (Å²) in [6.45, 7) is 10.1. The standard InChI is InChI=1S/C19H22ClNO/c1-5-22-11-13-6-7-15-16(9-13)21-17-10-14(20)8-12(2)18(17)19(15,3)4/h6-10,21H,5,11H2,1-4H3. The lowest BCUT2D eigenvalue weighted by atomic mass is 9.72. The fourth-order valence-corrected chi connectivity index (χ4v) is 3.77. The molecule has 0 fully saturated rings. The minimum absolute atomic E-state index is 0.0469. The molecule has 2 nitrogen and oxygen atoms in total. The van der Waals surface area contributed by atoms with Crippen molar-refractivity contribution in [2.24, 2.45) is 0 Å². The van der Waals surface area contributed by atoms with Crippen molar-refractivity contribution < 1.29 is 4.74 Å². The maximum absolute atomic E-state index is 6.24. The number of fused-ring (bicyclic) bond motifs is 2. The van der Waals surface area contributed by atoms with Crippen molar-refractivity contribution in [2.75, 3.05) is 11.9 Å². The molecule has 1 heterocycles. The maximum Gasteiger partial charge on any atom is 0.0717 e. The zero-order valence-electron chi connectivity index (χ0n) is 13.6. The first-order valence-corrected chi connectivity index (χ1v) is 8.10. The van der Waals surface area contributed by atoms with E-state index in [-0.39, 0.29) is 5.41 Å². The Morgan fingerprint density at radius 2 is 1.91 bits per heavy atom. The van der Waals surface area contributed by atoms with Gasteiger partial charge >= 0.3 is 0 Å². The SMILES string of the molecule is CCOCc1ccc2c(c1)Nc1cc(Cl)cc(C)c1C2(C)C. The van der Waals surface area contributed by atoms with Crippen LogP contribution in [0.4, 0.5) is 11.4 Å². The first kappa shape index (κ1) is 15.4. The van der Waals surface area contributed by atoms with Gasteiger partial charge in [0.05, 0.1) is 6.61 Å². The van der Waals surface area contributed by atoms with Crippen LogP contribution in [0.3, 0.4) is 0 Å². The molecule has 0 unspecified atom stereocenters. The van der Waals surface area contributed by atoms with Crippen LogP contribution >= 0.6 is 11.6 Å². The van der Waals surface area contributed by atoms with Gasteiger partial charge in [-0.1, -0.05) is 37.6 Å². The minimum atomic E-state index is -0.0469. The van der Waals surface area contributed by atoms with Crippen molar-refractivity contribution in [3.8, 4) is 0 Å². The summed E-state index contributed by atoms with van der Waals surface area (Å²) >= 11 is 6.24. The van der Waals surface area contributed by atoms with Crippen LogP contribution < -0.4 is 5.32 Å². The highest BCUT2D eigenvalue weighted by Gasteiger charge is 2.34. The lowest BCUT2D eigenvalue weighted by molar-refractivity contribution is 0.134. The molecule has 0 atom stereocenters. The molecule has 3 rings (SSSR count). The van der Waals surface area contributed by atoms with Gasteiger partial charge in [0.15, 0.2) is 0 Å². The number of nitrogens with one attached hydrogen (secondary N) is 1. The van der Waals surface area contributed by atoms with Crippen molar-refractivity contribution in [1.82, 2.24) is 0 Å². The average Bonchev–Trinajstić information content (AvgIpc) is 2.43. The molecule has 0 amide bonds. The molecule has 0 bridgehead atoms. The van der Waals surface area contributed by atoms with Crippen molar-refractivity contribution in [3.63, 3.8) is 0 Å². The van der Waals surface area contributed by atoms with Crippen LogP contribution in [0.5, 0.6) is 0 Å². The number of anilines is 2. The van der Waals surface area contributed by atoms with E-state index in [1.165, 1.54) is 22.3 Å². The molecular weight excluding hydrogens is 294 g/mol. The van der Waals surface area contributed by atoms with Gasteiger partial charge < -0.3 is 10.1 Å². The van der Waals surface area contributed by atoms with Crippen LogP contribution in [0.15, 0.2) is 30.3 Å². The van der Waals surface area contributed by atoms with Crippen molar-refractivity contribution in [2.45, 2.75) is 39.7 Å². The van der Waals surface area contributed by atoms with Gasteiger partial charge in [-0.15, -0.1) is 0 Å². The van der Waals surface area contributed by atoms with E-state index in [1.807, 2.05) is 19.1 Å². The molecule has 0 aromatic heterocycles. The molecule has 0 spiro atoms. The average molecular weight is 316 g/mol. The fourth-order valence-electron chi connectivity index (χ4n) is 3.50. The van der Waals surface area contributed by atoms with Crippen LogP contribution in [-0.4, -0.2) is 6.61 Å². The summed E-state index contributed by atoms with van der Waals surface area (Å²) in [6, 6.07) is 10.6. The highest BCUT2D eigenvalue weighted by atomic mass is 35.5. The predicted molar refractivity (Wildman–Crippen MR) is 93.4 cm³/mol. The van der Waals surface area contributed by atoms with Crippen molar-refractivity contribution in [1.29, 1.82) is 0 Å². The molecule has 1 aliphatic rings. The van der Waals surface area contributed by atoms with Crippen LogP contribution in [0.2, 0.25) is 5.02 Å². The highest BCUT2D eigenvalue weighted by molar-refractivity contribution is 6.31. The second-order valence-electron chi connectivity index (χ2n) is 6.41. The van der Waals surface area contributed by atoms with Gasteiger partial charge in [-0.2, -0.15) is 0 Å². The van der Waals surface area contributed by atoms with Crippen molar-refractivity contribution >= 4 is 23.0 Å². The Kier molecular flexibility index (Phi) is 3.92. The predicted octanol–water partition coefficient (Wildman–Crippen LogP) is 5.57. The molecule has 116 valence electrons. The van der Waals surface area contributed by atoms with E-state index < -0.39 is 0 Å². The minimum Gasteiger partial charge on any atom is -0.377 e. The molecule has 1 N–H and O–H groups in total. The fraction of sp³-hybridized carbons (Fsp3) is 0.368. The van der Waals surface area contributed by atoms with E-state index >= 15 is 0 Å². The summed E-state index contributed by atoms with van der Waals surface area (Å²) in [5.41, 5.74) is 7.25. The quantitative estimate of drug-likeness (QED) is 0.799. The van der Waals surface area contributed by atoms with E-state index in [9.17, 15) is 0 Å². The van der Waals surface area contributed by atoms with Crippen LogP contribution in [0.1, 0.15) is 43.0 Å². The Morgan fingerprint density at radius 1 is 1.14 bits per heavy atom. The van der Waals surface area contributed by atoms with E-state index in [2.05, 4.69) is 44.3 Å². The molecule has 22 heavy (non-hydrogen) atoms. The Hall–Kier alpha value is -1.51. The topological polar surface area (TPSA) is 21.3 Å². The zero-order valence-corrected chi connectivity index (χ0v) is 14.3. The Labute approximate surface area is 137 Å². The molecular formula is C19H22ClNO. The van der Waals surface area contributed by atoms with Crippen LogP contribution in [0, 0.1) is 6.92 Å². The summed E-state index contributed by atoms with van der Waals surface area (Å²) in [7, 11) is 0. The van der Waals surface area contributed by atoms with Gasteiger partial charge in [-0.25, -0.2) is 0 Å². The Morgan fingerprint density at radius 3 is 2.64 bits per heavy atom. The molecule has 0 saturated heterocycles. The lowest BCUT2D eigenvalue weighted by Crippen LogP contribution is -2.27. The van der Waals surface area contributed by atoms with Crippen LogP contribution in [-0.2, 0) is 16.8 Å². The maximum atomic E-state index is 6.24. The smallest absolute Gasteiger partial charge is 0.0717 e. The number of hydrogen-bond acceptors (Lipinski definition) is 2. The number of halogens is 1. The molecule has 2 aromatic carbocycles. The second-order valence-corrected chi connectivity index (χ2v) is 6.85. The van der Waals surface area contributed by atoms with Gasteiger partial charge in [0, 0.05) is 28.4 Å². The molecule has 2 aromatic rings. The van der Waals surface area contributed by atoms with E-state index in [0.29, 0.717) is 6.61 Å². The molecule has 1 aliphatic heterocycles. The molecule has 0 saturated carbocycles. The van der Waals surface area contributed by atoms with Gasteiger partial charge in [0.1, 0.15) is 0 Å². The first-order chi connectivity index (χ1) is 10.4. The normalized spacial score (nSPS) is 15.0. The second kappa shape index (κ2) is 5.60. The van der Waals surface area contributed by atoms with Gasteiger partial charge in [0.2, 0.25) is 0 Å². The number of aryl methyl sites for hydroxylation is 1. The molecule has 0 radical (unpaired) electrons. The van der Waals surface area contributed by atoms with E-state index in [1.54, 1.807) is 0 Å². The van der Waals surface area contributed by atoms with Gasteiger partial charge in [0.25, 0.3) is 0 Å². The van der Waals surface area contributed by atoms with E-state index in [4.69, 9.17) is 16.3 Å². The third-order valence-corrected chi connectivity index (χ3v) is 4.64. The third kappa shape index (κ3) is 2.51. The number of hydrogen-bond donors (Lipinski definition) is 1. The Balaban J connectivity index is 2.10. The highest BCUT2D eigenvalue weighted by Crippen LogP contribution is 2.47. The largest absolute Gasteiger partial charge is 0.377 e. The number of ether oxygens (including phenoxy) is 1. The monoisotopic (exact) mass is 315 g/mol. The lowest BCUT2D eigenvalue weighted by Gasteiger charge is -2.37. The summed E-state index contributed by atoms with van der Waals surface area (Å²) < 4.78 is 5.52. The van der Waals surface area contributed by atoms with Gasteiger partial charge in [-0.3, -0.25) is 0 Å². The number of benzene rings is 2. The van der Waals surface area contributed by atoms with Crippen molar-refractivity contribution in [3.05, 3.63) is 57.6 Å². The summed E-state index contributed by atoms with van der Waals surface area (Å²) in [5.74, 6) is 0. The molecule has 3 heteroatoms. The first-order valence-electron chi connectivity index (χ1n) is 7.72. The number of rotatable bonds is 3. The summed E-state index contributed by atoms with van der Waals surface area (Å²) in [4.78, 5) is 0. The van der Waals surface area contributed by atoms with E-state index in [0.717, 1.165) is 23.0 Å². The summed E-state index contributed by atoms with van der Waals surface area (Å²) in [6.07, 6.45) is 0.